The summed E-state index contributed by atoms with van der Waals surface area (Å²) in [7, 11) is 1.30. The van der Waals surface area contributed by atoms with Crippen LogP contribution in [0.5, 0.6) is 0 Å². The standard InChI is InChI=1S/C17H19ClN4O3/c1-10(2)9-19-16(23)13-6-7-15(22-21-13)20-14-8-11(17(24)25-3)4-5-12(14)18/h4-8,10H,9H2,1-3H3,(H,19,23)(H,20,22). The van der Waals surface area contributed by atoms with E-state index < -0.39 is 5.97 Å². The highest BCUT2D eigenvalue weighted by Gasteiger charge is 2.11. The van der Waals surface area contributed by atoms with Crippen molar-refractivity contribution in [2.24, 2.45) is 5.92 Å². The van der Waals surface area contributed by atoms with Crippen molar-refractivity contribution >= 4 is 35.0 Å². The molecule has 8 heteroatoms. The zero-order chi connectivity index (χ0) is 18.4. The van der Waals surface area contributed by atoms with Gasteiger partial charge in [-0.2, -0.15) is 0 Å². The highest BCUT2D eigenvalue weighted by atomic mass is 35.5. The van der Waals surface area contributed by atoms with Crippen LogP contribution in [0.3, 0.4) is 0 Å². The molecule has 0 unspecified atom stereocenters. The number of rotatable bonds is 6. The van der Waals surface area contributed by atoms with Gasteiger partial charge < -0.3 is 15.4 Å². The number of nitrogens with one attached hydrogen (secondary N) is 2. The van der Waals surface area contributed by atoms with Crippen LogP contribution >= 0.6 is 11.6 Å². The van der Waals surface area contributed by atoms with Gasteiger partial charge in [0, 0.05) is 6.54 Å². The largest absolute Gasteiger partial charge is 0.465 e. The van der Waals surface area contributed by atoms with Gasteiger partial charge in [0.15, 0.2) is 11.5 Å². The second kappa shape index (κ2) is 8.43. The Hall–Kier alpha value is -2.67. The molecule has 0 radical (unpaired) electrons. The molecule has 1 amide bonds. The number of methoxy groups -OCH3 is 1. The number of halogens is 1. The van der Waals surface area contributed by atoms with Crippen molar-refractivity contribution in [1.29, 1.82) is 0 Å². The number of carbonyl (C=O) groups excluding carboxylic acids is 2. The minimum atomic E-state index is -0.469. The number of hydrogen-bond acceptors (Lipinski definition) is 6. The molecule has 7 nitrogen and oxygen atoms in total. The van der Waals surface area contributed by atoms with Crippen LogP contribution in [0.2, 0.25) is 5.02 Å². The predicted octanol–water partition coefficient (Wildman–Crippen LogP) is 3.05. The summed E-state index contributed by atoms with van der Waals surface area (Å²) in [5.41, 5.74) is 1.06. The maximum Gasteiger partial charge on any atom is 0.337 e. The van der Waals surface area contributed by atoms with Crippen molar-refractivity contribution in [3.8, 4) is 0 Å². The first kappa shape index (κ1) is 18.7. The smallest absolute Gasteiger partial charge is 0.337 e. The van der Waals surface area contributed by atoms with E-state index in [-0.39, 0.29) is 11.6 Å². The van der Waals surface area contributed by atoms with Crippen molar-refractivity contribution in [2.75, 3.05) is 19.0 Å². The molecule has 0 saturated carbocycles. The van der Waals surface area contributed by atoms with E-state index in [0.29, 0.717) is 34.6 Å². The number of nitrogens with zero attached hydrogens (tertiary/aromatic N) is 2. The third-order valence-corrected chi connectivity index (χ3v) is 3.55. The van der Waals surface area contributed by atoms with Gasteiger partial charge in [-0.3, -0.25) is 4.79 Å². The van der Waals surface area contributed by atoms with Gasteiger partial charge in [0.05, 0.1) is 23.4 Å². The Morgan fingerprint density at radius 3 is 2.56 bits per heavy atom. The summed E-state index contributed by atoms with van der Waals surface area (Å²) in [6.45, 7) is 4.58. The molecule has 0 spiro atoms. The van der Waals surface area contributed by atoms with Crippen LogP contribution in [0.4, 0.5) is 11.5 Å². The van der Waals surface area contributed by atoms with Crippen molar-refractivity contribution in [3.05, 3.63) is 46.6 Å². The lowest BCUT2D eigenvalue weighted by atomic mass is 10.2. The Balaban J connectivity index is 2.11. The van der Waals surface area contributed by atoms with Gasteiger partial charge >= 0.3 is 5.97 Å². The quantitative estimate of drug-likeness (QED) is 0.767. The fraction of sp³-hybridized carbons (Fsp3) is 0.294. The van der Waals surface area contributed by atoms with Crippen LogP contribution in [0, 0.1) is 5.92 Å². The van der Waals surface area contributed by atoms with Crippen molar-refractivity contribution in [1.82, 2.24) is 15.5 Å². The van der Waals surface area contributed by atoms with E-state index in [1.807, 2.05) is 13.8 Å². The Kier molecular flexibility index (Phi) is 6.30. The molecule has 2 aromatic rings. The van der Waals surface area contributed by atoms with Crippen LogP contribution in [-0.2, 0) is 4.74 Å². The summed E-state index contributed by atoms with van der Waals surface area (Å²) < 4.78 is 4.68. The SMILES string of the molecule is COC(=O)c1ccc(Cl)c(Nc2ccc(C(=O)NCC(C)C)nn2)c1. The fourth-order valence-corrected chi connectivity index (χ4v) is 2.08. The molecule has 2 rings (SSSR count). The minimum absolute atomic E-state index is 0.223. The lowest BCUT2D eigenvalue weighted by Crippen LogP contribution is -2.28. The van der Waals surface area contributed by atoms with Crippen molar-refractivity contribution in [3.63, 3.8) is 0 Å². The molecule has 0 aliphatic heterocycles. The highest BCUT2D eigenvalue weighted by molar-refractivity contribution is 6.33. The van der Waals surface area contributed by atoms with Crippen LogP contribution < -0.4 is 10.6 Å². The molecule has 1 aromatic carbocycles. The molecule has 0 fully saturated rings. The molecular formula is C17H19ClN4O3. The van der Waals surface area contributed by atoms with Gasteiger partial charge in [-0.25, -0.2) is 4.79 Å². The molecule has 0 aliphatic carbocycles. The Morgan fingerprint density at radius 2 is 1.96 bits per heavy atom. The molecule has 0 aliphatic rings. The number of hydrogen-bond donors (Lipinski definition) is 2. The van der Waals surface area contributed by atoms with Gasteiger partial charge in [0.1, 0.15) is 0 Å². The summed E-state index contributed by atoms with van der Waals surface area (Å²) >= 11 is 6.12. The summed E-state index contributed by atoms with van der Waals surface area (Å²) in [6, 6.07) is 7.87. The van der Waals surface area contributed by atoms with E-state index in [1.165, 1.54) is 7.11 Å². The number of amides is 1. The van der Waals surface area contributed by atoms with E-state index in [4.69, 9.17) is 11.6 Å². The summed E-state index contributed by atoms with van der Waals surface area (Å²) in [5, 5.41) is 14.0. The second-order valence-corrected chi connectivity index (χ2v) is 6.13. The molecule has 0 bridgehead atoms. The summed E-state index contributed by atoms with van der Waals surface area (Å²) in [6.07, 6.45) is 0. The maximum atomic E-state index is 11.9. The van der Waals surface area contributed by atoms with E-state index in [1.54, 1.807) is 30.3 Å². The first-order valence-corrected chi connectivity index (χ1v) is 8.05. The Labute approximate surface area is 150 Å². The van der Waals surface area contributed by atoms with E-state index in [2.05, 4.69) is 25.6 Å². The fourth-order valence-electron chi connectivity index (χ4n) is 1.91. The van der Waals surface area contributed by atoms with Gasteiger partial charge in [0.25, 0.3) is 5.91 Å². The Bertz CT molecular complexity index is 763. The highest BCUT2D eigenvalue weighted by Crippen LogP contribution is 2.26. The molecule has 25 heavy (non-hydrogen) atoms. The number of aromatic nitrogens is 2. The first-order valence-electron chi connectivity index (χ1n) is 7.67. The Morgan fingerprint density at radius 1 is 1.20 bits per heavy atom. The second-order valence-electron chi connectivity index (χ2n) is 5.72. The number of esters is 1. The van der Waals surface area contributed by atoms with Crippen LogP contribution in [0.15, 0.2) is 30.3 Å². The molecule has 0 atom stereocenters. The molecule has 1 heterocycles. The van der Waals surface area contributed by atoms with Gasteiger partial charge in [0.2, 0.25) is 0 Å². The molecular weight excluding hydrogens is 344 g/mol. The monoisotopic (exact) mass is 362 g/mol. The number of anilines is 2. The number of carbonyl (C=O) groups is 2. The van der Waals surface area contributed by atoms with Crippen LogP contribution in [0.1, 0.15) is 34.7 Å². The lowest BCUT2D eigenvalue weighted by molar-refractivity contribution is 0.0600. The maximum absolute atomic E-state index is 11.9. The third kappa shape index (κ3) is 5.15. The lowest BCUT2D eigenvalue weighted by Gasteiger charge is -2.10. The third-order valence-electron chi connectivity index (χ3n) is 3.22. The topological polar surface area (TPSA) is 93.2 Å². The van der Waals surface area contributed by atoms with E-state index >= 15 is 0 Å². The number of ether oxygens (including phenoxy) is 1. The summed E-state index contributed by atoms with van der Waals surface area (Å²) in [4.78, 5) is 23.5. The van der Waals surface area contributed by atoms with Crippen molar-refractivity contribution in [2.45, 2.75) is 13.8 Å². The predicted molar refractivity (Wildman–Crippen MR) is 95.3 cm³/mol. The molecule has 2 N–H and O–H groups in total. The van der Waals surface area contributed by atoms with Gasteiger partial charge in [-0.05, 0) is 36.2 Å². The van der Waals surface area contributed by atoms with Crippen LogP contribution in [-0.4, -0.2) is 35.7 Å². The summed E-state index contributed by atoms with van der Waals surface area (Å²) in [5.74, 6) is -0.00662. The van der Waals surface area contributed by atoms with Crippen molar-refractivity contribution < 1.29 is 14.3 Å². The average Bonchev–Trinajstić information content (AvgIpc) is 2.61. The van der Waals surface area contributed by atoms with E-state index in [0.717, 1.165) is 0 Å². The molecule has 132 valence electrons. The minimum Gasteiger partial charge on any atom is -0.465 e. The zero-order valence-electron chi connectivity index (χ0n) is 14.2. The van der Waals surface area contributed by atoms with Gasteiger partial charge in [-0.1, -0.05) is 25.4 Å². The molecule has 1 aromatic heterocycles. The zero-order valence-corrected chi connectivity index (χ0v) is 14.9. The van der Waals surface area contributed by atoms with Gasteiger partial charge in [-0.15, -0.1) is 10.2 Å². The average molecular weight is 363 g/mol. The van der Waals surface area contributed by atoms with Crippen LogP contribution in [0.25, 0.3) is 0 Å². The molecule has 0 saturated heterocycles. The van der Waals surface area contributed by atoms with E-state index in [9.17, 15) is 9.59 Å². The first-order chi connectivity index (χ1) is 11.9. The normalized spacial score (nSPS) is 10.4. The number of benzene rings is 1.